The van der Waals surface area contributed by atoms with Crippen LogP contribution in [0, 0.1) is 11.8 Å². The van der Waals surface area contributed by atoms with Crippen molar-refractivity contribution in [2.24, 2.45) is 11.8 Å². The molecule has 1 saturated heterocycles. The van der Waals surface area contributed by atoms with Gasteiger partial charge in [0.2, 0.25) is 0 Å². The van der Waals surface area contributed by atoms with Crippen LogP contribution in [0.5, 0.6) is 0 Å². The highest BCUT2D eigenvalue weighted by Gasteiger charge is 2.41. The molecule has 2 heterocycles. The minimum Gasteiger partial charge on any atom is -0.481 e. The molecule has 1 aliphatic heterocycles. The molecule has 3 fully saturated rings. The molecule has 2 N–H and O–H groups in total. The van der Waals surface area contributed by atoms with Gasteiger partial charge in [0.25, 0.3) is 0 Å². The molecule has 4 atom stereocenters. The topological polar surface area (TPSA) is 69.2 Å². The highest BCUT2D eigenvalue weighted by Crippen LogP contribution is 2.45. The molecule has 0 radical (unpaired) electrons. The Morgan fingerprint density at radius 2 is 2.10 bits per heavy atom. The largest absolute Gasteiger partial charge is 0.481 e. The second kappa shape index (κ2) is 7.75. The number of nitrogens with zero attached hydrogens (tertiary/aromatic N) is 2. The Bertz CT molecular complexity index is 887. The van der Waals surface area contributed by atoms with Crippen molar-refractivity contribution in [2.75, 3.05) is 13.1 Å². The predicted octanol–water partition coefficient (Wildman–Crippen LogP) is 4.90. The lowest BCUT2D eigenvalue weighted by molar-refractivity contribution is -0.147. The fourth-order valence-corrected chi connectivity index (χ4v) is 6.09. The number of hydrogen-bond acceptors (Lipinski definition) is 3. The number of piperidine rings is 1. The smallest absolute Gasteiger partial charge is 0.306 e. The molecular formula is C24H33N3O2. The molecule has 3 aliphatic rings. The van der Waals surface area contributed by atoms with Gasteiger partial charge in [-0.3, -0.25) is 9.89 Å². The van der Waals surface area contributed by atoms with Crippen LogP contribution in [0.1, 0.15) is 81.4 Å². The van der Waals surface area contributed by atoms with Crippen molar-refractivity contribution >= 4 is 16.9 Å². The highest BCUT2D eigenvalue weighted by atomic mass is 16.4. The van der Waals surface area contributed by atoms with Crippen molar-refractivity contribution in [3.63, 3.8) is 0 Å². The number of rotatable bonds is 6. The predicted molar refractivity (Wildman–Crippen MR) is 114 cm³/mol. The van der Waals surface area contributed by atoms with Gasteiger partial charge in [-0.2, -0.15) is 5.10 Å². The zero-order valence-electron chi connectivity index (χ0n) is 17.4. The maximum absolute atomic E-state index is 11.7. The molecule has 1 aromatic carbocycles. The number of H-pyrrole nitrogens is 1. The fraction of sp³-hybridized carbons (Fsp3) is 0.667. The van der Waals surface area contributed by atoms with E-state index in [1.807, 2.05) is 0 Å². The lowest BCUT2D eigenvalue weighted by Crippen LogP contribution is -2.51. The van der Waals surface area contributed by atoms with Crippen molar-refractivity contribution in [1.82, 2.24) is 15.1 Å². The Morgan fingerprint density at radius 1 is 1.24 bits per heavy atom. The van der Waals surface area contributed by atoms with Gasteiger partial charge in [0.15, 0.2) is 0 Å². The van der Waals surface area contributed by atoms with Gasteiger partial charge in [-0.1, -0.05) is 25.5 Å². The summed E-state index contributed by atoms with van der Waals surface area (Å²) in [5.41, 5.74) is 3.88. The van der Waals surface area contributed by atoms with E-state index in [1.54, 1.807) is 0 Å². The number of carboxylic acid groups (broad SMARTS) is 1. The third-order valence-electron chi connectivity index (χ3n) is 7.80. The summed E-state index contributed by atoms with van der Waals surface area (Å²) in [5, 5.41) is 19.0. The van der Waals surface area contributed by atoms with Gasteiger partial charge < -0.3 is 10.0 Å². The van der Waals surface area contributed by atoms with Gasteiger partial charge >= 0.3 is 5.97 Å². The van der Waals surface area contributed by atoms with Crippen LogP contribution in [0.2, 0.25) is 0 Å². The van der Waals surface area contributed by atoms with Crippen LogP contribution in [0.15, 0.2) is 18.2 Å². The van der Waals surface area contributed by atoms with E-state index in [2.05, 4.69) is 40.2 Å². The molecule has 5 rings (SSSR count). The van der Waals surface area contributed by atoms with Crippen LogP contribution in [-0.2, 0) is 4.79 Å². The lowest BCUT2D eigenvalue weighted by atomic mass is 9.71. The average Bonchev–Trinajstić information content (AvgIpc) is 3.49. The summed E-state index contributed by atoms with van der Waals surface area (Å²) in [6.45, 7) is 4.50. The monoisotopic (exact) mass is 395 g/mol. The number of fused-ring (bicyclic) bond motifs is 2. The van der Waals surface area contributed by atoms with Crippen molar-refractivity contribution in [2.45, 2.75) is 76.2 Å². The lowest BCUT2D eigenvalue weighted by Gasteiger charge is -2.46. The van der Waals surface area contributed by atoms with Crippen molar-refractivity contribution in [3.8, 4) is 0 Å². The van der Waals surface area contributed by atoms with E-state index in [9.17, 15) is 9.90 Å². The Kier molecular flexibility index (Phi) is 5.10. The first kappa shape index (κ1) is 19.1. The molecule has 156 valence electrons. The molecule has 0 amide bonds. The van der Waals surface area contributed by atoms with Crippen molar-refractivity contribution in [1.29, 1.82) is 0 Å². The molecule has 2 aromatic rings. The second-order valence-electron chi connectivity index (χ2n) is 9.63. The van der Waals surface area contributed by atoms with E-state index >= 15 is 0 Å². The van der Waals surface area contributed by atoms with Crippen LogP contribution in [-0.4, -0.2) is 45.3 Å². The summed E-state index contributed by atoms with van der Waals surface area (Å²) in [7, 11) is 0. The Hall–Kier alpha value is -1.88. The molecule has 2 saturated carbocycles. The zero-order chi connectivity index (χ0) is 20.0. The zero-order valence-corrected chi connectivity index (χ0v) is 17.4. The first-order chi connectivity index (χ1) is 14.1. The molecule has 2 aliphatic carbocycles. The molecule has 29 heavy (non-hydrogen) atoms. The van der Waals surface area contributed by atoms with Crippen molar-refractivity contribution < 1.29 is 9.90 Å². The number of carboxylic acids is 1. The average molecular weight is 396 g/mol. The summed E-state index contributed by atoms with van der Waals surface area (Å²) in [4.78, 5) is 14.3. The number of carbonyl (C=O) groups is 1. The first-order valence-corrected chi connectivity index (χ1v) is 11.6. The maximum atomic E-state index is 11.7. The minimum absolute atomic E-state index is 0.133. The normalized spacial score (nSPS) is 28.9. The highest BCUT2D eigenvalue weighted by molar-refractivity contribution is 5.86. The van der Waals surface area contributed by atoms with Crippen molar-refractivity contribution in [3.05, 3.63) is 29.5 Å². The van der Waals surface area contributed by atoms with Gasteiger partial charge in [0.1, 0.15) is 0 Å². The SMILES string of the molecule is CC(CCN1CCCC2C(C(=O)O)CCCC21)c1[nH]nc2cccc(C3CC3)c12. The van der Waals surface area contributed by atoms with Gasteiger partial charge in [0, 0.05) is 17.1 Å². The summed E-state index contributed by atoms with van der Waals surface area (Å²) >= 11 is 0. The Labute approximate surface area is 172 Å². The van der Waals surface area contributed by atoms with Crippen LogP contribution >= 0.6 is 0 Å². The molecule has 5 nitrogen and oxygen atoms in total. The molecule has 0 bridgehead atoms. The Morgan fingerprint density at radius 3 is 2.90 bits per heavy atom. The molecule has 4 unspecified atom stereocenters. The standard InChI is InChI=1S/C24H33N3O2/c1-15(23-22-17(16-10-11-16)5-2-8-20(22)25-26-23)12-14-27-13-4-7-18-19(24(28)29)6-3-9-21(18)27/h2,5,8,15-16,18-19,21H,3-4,6-7,9-14H2,1H3,(H,25,26)(H,28,29). The van der Waals surface area contributed by atoms with Gasteiger partial charge in [-0.15, -0.1) is 0 Å². The number of hydrogen-bond donors (Lipinski definition) is 2. The number of aromatic nitrogens is 2. The Balaban J connectivity index is 1.30. The summed E-state index contributed by atoms with van der Waals surface area (Å²) in [6, 6.07) is 7.01. The summed E-state index contributed by atoms with van der Waals surface area (Å²) < 4.78 is 0. The minimum atomic E-state index is -0.577. The number of nitrogens with one attached hydrogen (secondary N) is 1. The summed E-state index contributed by atoms with van der Waals surface area (Å²) in [5.74, 6) is 0.789. The number of benzene rings is 1. The fourth-order valence-electron chi connectivity index (χ4n) is 6.09. The maximum Gasteiger partial charge on any atom is 0.306 e. The van der Waals surface area contributed by atoms with Crippen LogP contribution in [0.25, 0.3) is 10.9 Å². The molecular weight excluding hydrogens is 362 g/mol. The second-order valence-corrected chi connectivity index (χ2v) is 9.63. The van der Waals surface area contributed by atoms with Crippen LogP contribution in [0.3, 0.4) is 0 Å². The van der Waals surface area contributed by atoms with E-state index in [-0.39, 0.29) is 5.92 Å². The van der Waals surface area contributed by atoms with E-state index in [1.165, 1.54) is 35.9 Å². The quantitative estimate of drug-likeness (QED) is 0.730. The van der Waals surface area contributed by atoms with Gasteiger partial charge in [-0.25, -0.2) is 0 Å². The van der Waals surface area contributed by atoms with E-state index in [4.69, 9.17) is 0 Å². The van der Waals surface area contributed by atoms with Gasteiger partial charge in [-0.05, 0) is 87.4 Å². The number of aliphatic carboxylic acids is 1. The first-order valence-electron chi connectivity index (χ1n) is 11.6. The van der Waals surface area contributed by atoms with E-state index in [0.29, 0.717) is 17.9 Å². The van der Waals surface area contributed by atoms with E-state index in [0.717, 1.165) is 56.6 Å². The van der Waals surface area contributed by atoms with Crippen LogP contribution in [0.4, 0.5) is 0 Å². The summed E-state index contributed by atoms with van der Waals surface area (Å²) in [6.07, 6.45) is 9.02. The molecule has 1 aromatic heterocycles. The van der Waals surface area contributed by atoms with Gasteiger partial charge in [0.05, 0.1) is 11.4 Å². The van der Waals surface area contributed by atoms with E-state index < -0.39 is 5.97 Å². The third-order valence-corrected chi connectivity index (χ3v) is 7.80. The number of likely N-dealkylation sites (tertiary alicyclic amines) is 1. The molecule has 5 heteroatoms. The third kappa shape index (κ3) is 3.58. The van der Waals surface area contributed by atoms with Crippen LogP contribution < -0.4 is 0 Å². The number of aromatic amines is 1. The molecule has 0 spiro atoms.